The molecule has 0 radical (unpaired) electrons. The molecule has 8 nitrogen and oxygen atoms in total. The van der Waals surface area contributed by atoms with Gasteiger partial charge in [-0.25, -0.2) is 0 Å². The van der Waals surface area contributed by atoms with Gasteiger partial charge < -0.3 is 10.1 Å². The molecule has 0 heterocycles. The van der Waals surface area contributed by atoms with Crippen molar-refractivity contribution >= 4 is 51.5 Å². The first-order valence-electron chi connectivity index (χ1n) is 7.99. The number of hydrogen-bond donors (Lipinski definition) is 3. The minimum atomic E-state index is -2.87. The van der Waals surface area contributed by atoms with Crippen molar-refractivity contribution < 1.29 is 24.0 Å². The van der Waals surface area contributed by atoms with Gasteiger partial charge in [-0.3, -0.25) is 10.1 Å². The van der Waals surface area contributed by atoms with Gasteiger partial charge >= 0.3 is 8.25 Å². The van der Waals surface area contributed by atoms with Crippen LogP contribution in [-0.4, -0.2) is 20.2 Å². The van der Waals surface area contributed by atoms with E-state index in [1.54, 1.807) is 12.1 Å². The molecule has 28 heavy (non-hydrogen) atoms. The van der Waals surface area contributed by atoms with Gasteiger partial charge in [-0.1, -0.05) is 22.9 Å². The van der Waals surface area contributed by atoms with E-state index < -0.39 is 13.2 Å². The van der Waals surface area contributed by atoms with E-state index in [1.807, 2.05) is 39.0 Å². The Labute approximate surface area is 180 Å². The lowest BCUT2D eigenvalue weighted by Crippen LogP contribution is -2.29. The van der Waals surface area contributed by atoms with E-state index in [2.05, 4.69) is 37.2 Å². The number of rotatable bonds is 6. The van der Waals surface area contributed by atoms with Gasteiger partial charge in [-0.05, 0) is 60.5 Å². The Morgan fingerprint density at radius 2 is 1.82 bits per heavy atom. The second kappa shape index (κ2) is 10.8. The van der Waals surface area contributed by atoms with Crippen LogP contribution in [0.4, 0.5) is 11.4 Å². The fourth-order valence-corrected chi connectivity index (χ4v) is 3.10. The molecule has 2 rings (SSSR count). The Bertz CT molecular complexity index is 860. The minimum absolute atomic E-state index is 0.0266. The van der Waals surface area contributed by atoms with E-state index in [-0.39, 0.29) is 11.2 Å². The zero-order valence-electron chi connectivity index (χ0n) is 15.3. The Morgan fingerprint density at radius 1 is 1.21 bits per heavy atom. The van der Waals surface area contributed by atoms with Crippen molar-refractivity contribution in [3.8, 4) is 11.5 Å². The molecular formula is C17H20Br2N2O6P+. The zero-order valence-corrected chi connectivity index (χ0v) is 19.4. The fourth-order valence-electron chi connectivity index (χ4n) is 1.98. The monoisotopic (exact) mass is 537 g/mol. The molecule has 0 aliphatic carbocycles. The molecule has 0 saturated carbocycles. The summed E-state index contributed by atoms with van der Waals surface area (Å²) in [4.78, 5) is 25.1. The molecule has 0 aliphatic heterocycles. The van der Waals surface area contributed by atoms with Gasteiger partial charge in [0.15, 0.2) is 0 Å². The topological polar surface area (TPSA) is 122 Å². The molecule has 0 atom stereocenters. The predicted octanol–water partition coefficient (Wildman–Crippen LogP) is 6.14. The van der Waals surface area contributed by atoms with Crippen molar-refractivity contribution in [1.82, 2.24) is 0 Å². The van der Waals surface area contributed by atoms with Crippen LogP contribution >= 0.6 is 40.1 Å². The minimum Gasteiger partial charge on any atom is -0.456 e. The van der Waals surface area contributed by atoms with E-state index in [4.69, 9.17) is 19.1 Å². The zero-order chi connectivity index (χ0) is 21.5. The van der Waals surface area contributed by atoms with Crippen molar-refractivity contribution in [3.63, 3.8) is 0 Å². The summed E-state index contributed by atoms with van der Waals surface area (Å²) >= 11 is 6.83. The summed E-state index contributed by atoms with van der Waals surface area (Å²) in [7, 11) is -2.87. The van der Waals surface area contributed by atoms with Crippen LogP contribution in [0.25, 0.3) is 0 Å². The highest BCUT2D eigenvalue weighted by molar-refractivity contribution is 9.11. The maximum atomic E-state index is 11.3. The van der Waals surface area contributed by atoms with Gasteiger partial charge in [0.2, 0.25) is 0 Å². The predicted molar refractivity (Wildman–Crippen MR) is 115 cm³/mol. The van der Waals surface area contributed by atoms with Crippen LogP contribution in [0.5, 0.6) is 11.5 Å². The summed E-state index contributed by atoms with van der Waals surface area (Å²) in [5.41, 5.74) is 0.207. The maximum Gasteiger partial charge on any atom is 0.692 e. The summed E-state index contributed by atoms with van der Waals surface area (Å²) in [6, 6.07) is 10.3. The summed E-state index contributed by atoms with van der Waals surface area (Å²) in [5.74, 6) is 1.16. The lowest BCUT2D eigenvalue weighted by Gasteiger charge is -2.26. The molecule has 0 saturated heterocycles. The van der Waals surface area contributed by atoms with E-state index in [9.17, 15) is 10.1 Å². The van der Waals surface area contributed by atoms with Crippen molar-refractivity contribution in [3.05, 3.63) is 55.5 Å². The SMILES string of the molecule is CCC(C)(C)Nc1cc(Oc2ccc(Br)cc2Br)ccc1[N+](=O)[O-].O=[P+](O)O. The van der Waals surface area contributed by atoms with Crippen molar-refractivity contribution in [2.45, 2.75) is 32.7 Å². The van der Waals surface area contributed by atoms with Crippen LogP contribution in [0.2, 0.25) is 0 Å². The number of benzene rings is 2. The molecule has 0 unspecified atom stereocenters. The first kappa shape index (κ1) is 24.5. The summed E-state index contributed by atoms with van der Waals surface area (Å²) in [6.07, 6.45) is 0.827. The average Bonchev–Trinajstić information content (AvgIpc) is 2.56. The Morgan fingerprint density at radius 3 is 2.32 bits per heavy atom. The smallest absolute Gasteiger partial charge is 0.456 e. The number of nitrogens with zero attached hydrogens (tertiary/aromatic N) is 1. The van der Waals surface area contributed by atoms with Gasteiger partial charge in [0, 0.05) is 26.7 Å². The number of halogens is 2. The molecule has 11 heteroatoms. The second-order valence-corrected chi connectivity index (χ2v) is 8.50. The molecule has 0 amide bonds. The largest absolute Gasteiger partial charge is 0.692 e. The van der Waals surface area contributed by atoms with E-state index >= 15 is 0 Å². The summed E-state index contributed by atoms with van der Waals surface area (Å²) in [6.45, 7) is 6.02. The van der Waals surface area contributed by atoms with Gasteiger partial charge in [0.05, 0.1) is 9.40 Å². The molecular weight excluding hydrogens is 519 g/mol. The number of anilines is 1. The van der Waals surface area contributed by atoms with E-state index in [0.717, 1.165) is 15.4 Å². The Hall–Kier alpha value is -1.58. The second-order valence-electron chi connectivity index (χ2n) is 6.23. The molecule has 152 valence electrons. The standard InChI is InChI=1S/C17H18Br2N2O3.HO3P/c1-4-17(2,3)20-14-10-12(6-7-15(14)21(22)23)24-16-8-5-11(18)9-13(16)19;1-4(2)3/h5-10,20H,4H2,1-3H3;(H-,1,2,3)/p+1. The molecule has 3 N–H and O–H groups in total. The summed E-state index contributed by atoms with van der Waals surface area (Å²) in [5, 5.41) is 14.5. The van der Waals surface area contributed by atoms with Crippen LogP contribution in [-0.2, 0) is 4.57 Å². The van der Waals surface area contributed by atoms with Crippen LogP contribution in [0.15, 0.2) is 45.3 Å². The van der Waals surface area contributed by atoms with Crippen LogP contribution < -0.4 is 10.1 Å². The van der Waals surface area contributed by atoms with Crippen molar-refractivity contribution in [1.29, 1.82) is 0 Å². The first-order valence-corrected chi connectivity index (χ1v) is 10.7. The number of hydrogen-bond acceptors (Lipinski definition) is 5. The molecule has 0 aromatic heterocycles. The Balaban J connectivity index is 0.000000892. The fraction of sp³-hybridized carbons (Fsp3) is 0.294. The van der Waals surface area contributed by atoms with E-state index in [0.29, 0.717) is 17.2 Å². The quantitative estimate of drug-likeness (QED) is 0.229. The van der Waals surface area contributed by atoms with Gasteiger partial charge in [-0.15, -0.1) is 9.79 Å². The molecule has 2 aromatic rings. The van der Waals surface area contributed by atoms with Crippen LogP contribution in [0.1, 0.15) is 27.2 Å². The molecule has 0 bridgehead atoms. The van der Waals surface area contributed by atoms with Gasteiger partial charge in [-0.2, -0.15) is 0 Å². The number of nitrogens with one attached hydrogen (secondary N) is 1. The molecule has 0 spiro atoms. The number of nitro groups is 1. The normalized spacial score (nSPS) is 10.5. The van der Waals surface area contributed by atoms with Gasteiger partial charge in [0.25, 0.3) is 5.69 Å². The first-order chi connectivity index (χ1) is 12.9. The molecule has 2 aromatic carbocycles. The molecule has 0 aliphatic rings. The third-order valence-electron chi connectivity index (χ3n) is 3.64. The lowest BCUT2D eigenvalue weighted by molar-refractivity contribution is -0.384. The highest BCUT2D eigenvalue weighted by atomic mass is 79.9. The van der Waals surface area contributed by atoms with Crippen molar-refractivity contribution in [2.24, 2.45) is 0 Å². The van der Waals surface area contributed by atoms with Crippen LogP contribution in [0.3, 0.4) is 0 Å². The average molecular weight is 539 g/mol. The summed E-state index contributed by atoms with van der Waals surface area (Å²) < 4.78 is 16.3. The molecule has 0 fully saturated rings. The van der Waals surface area contributed by atoms with Gasteiger partial charge in [0.1, 0.15) is 17.2 Å². The highest BCUT2D eigenvalue weighted by Crippen LogP contribution is 2.36. The Kier molecular flexibility index (Phi) is 9.46. The van der Waals surface area contributed by atoms with E-state index in [1.165, 1.54) is 6.07 Å². The highest BCUT2D eigenvalue weighted by Gasteiger charge is 2.22. The third-order valence-corrected chi connectivity index (χ3v) is 4.76. The third kappa shape index (κ3) is 8.20. The number of ether oxygens (including phenoxy) is 1. The lowest BCUT2D eigenvalue weighted by atomic mass is 10.0. The maximum absolute atomic E-state index is 11.3. The number of nitro benzene ring substituents is 1. The van der Waals surface area contributed by atoms with Crippen molar-refractivity contribution in [2.75, 3.05) is 5.32 Å². The van der Waals surface area contributed by atoms with Crippen LogP contribution in [0, 0.1) is 10.1 Å².